The van der Waals surface area contributed by atoms with Crippen LogP contribution in [0.25, 0.3) is 0 Å². The maximum atomic E-state index is 12.9. The molecule has 0 spiro atoms. The summed E-state index contributed by atoms with van der Waals surface area (Å²) < 4.78 is 0. The van der Waals surface area contributed by atoms with Crippen LogP contribution in [0.2, 0.25) is 0 Å². The first-order valence-corrected chi connectivity index (χ1v) is 9.96. The molecule has 29 heavy (non-hydrogen) atoms. The number of rotatable bonds is 11. The molecule has 1 rings (SSSR count). The lowest BCUT2D eigenvalue weighted by Gasteiger charge is -2.31. The van der Waals surface area contributed by atoms with Crippen LogP contribution in [0.4, 0.5) is 0 Å². The maximum Gasteiger partial charge on any atom is 0.303 e. The Morgan fingerprint density at radius 1 is 1.21 bits per heavy atom. The molecule has 0 aromatic carbocycles. The quantitative estimate of drug-likeness (QED) is 0.330. The lowest BCUT2D eigenvalue weighted by atomic mass is 9.97. The monoisotopic (exact) mass is 412 g/mol. The fourth-order valence-electron chi connectivity index (χ4n) is 3.14. The molecule has 1 aliphatic rings. The van der Waals surface area contributed by atoms with Crippen LogP contribution in [0.5, 0.6) is 0 Å². The second-order valence-electron chi connectivity index (χ2n) is 7.52. The van der Waals surface area contributed by atoms with Crippen LogP contribution in [0.1, 0.15) is 52.9 Å². The zero-order chi connectivity index (χ0) is 22.1. The van der Waals surface area contributed by atoms with Crippen molar-refractivity contribution in [2.24, 2.45) is 11.7 Å². The van der Waals surface area contributed by atoms with Crippen molar-refractivity contribution in [3.8, 4) is 0 Å². The number of nitrogens with two attached hydrogens (primary N) is 1. The Morgan fingerprint density at radius 3 is 2.41 bits per heavy atom. The molecule has 0 saturated carbocycles. The van der Waals surface area contributed by atoms with Gasteiger partial charge < -0.3 is 31.2 Å². The number of carbonyl (C=O) groups is 5. The van der Waals surface area contributed by atoms with E-state index >= 15 is 0 Å². The standard InChI is InChI=1S/C19H32N4O6/c1-4-11(2)16(19(29)23-9-5-6-13(23)10-24)22-17(27)12(3)21-18(28)14(20)7-8-15(25)26/h10-14,16H,4-9,20H2,1-3H3,(H,21,28)(H,22,27)(H,25,26)/t11-,12-,13-,14-,16-/m0/s1. The van der Waals surface area contributed by atoms with Crippen LogP contribution in [0.15, 0.2) is 0 Å². The van der Waals surface area contributed by atoms with Crippen LogP contribution in [-0.4, -0.2) is 70.7 Å². The van der Waals surface area contributed by atoms with Gasteiger partial charge in [0.25, 0.3) is 0 Å². The van der Waals surface area contributed by atoms with Crippen LogP contribution >= 0.6 is 0 Å². The Labute approximate surface area is 170 Å². The zero-order valence-electron chi connectivity index (χ0n) is 17.2. The molecule has 0 aliphatic carbocycles. The van der Waals surface area contributed by atoms with Crippen molar-refractivity contribution in [2.45, 2.75) is 77.0 Å². The summed E-state index contributed by atoms with van der Waals surface area (Å²) >= 11 is 0. The minimum Gasteiger partial charge on any atom is -0.481 e. The van der Waals surface area contributed by atoms with Crippen molar-refractivity contribution in [1.82, 2.24) is 15.5 Å². The van der Waals surface area contributed by atoms with E-state index in [1.165, 1.54) is 11.8 Å². The predicted molar refractivity (Wildman–Crippen MR) is 105 cm³/mol. The fourth-order valence-corrected chi connectivity index (χ4v) is 3.14. The Kier molecular flexibility index (Phi) is 9.73. The number of amides is 3. The van der Waals surface area contributed by atoms with Gasteiger partial charge in [-0.15, -0.1) is 0 Å². The van der Waals surface area contributed by atoms with Crippen molar-refractivity contribution in [1.29, 1.82) is 0 Å². The summed E-state index contributed by atoms with van der Waals surface area (Å²) in [5, 5.41) is 13.8. The average molecular weight is 412 g/mol. The molecule has 5 N–H and O–H groups in total. The highest BCUT2D eigenvalue weighted by Crippen LogP contribution is 2.20. The van der Waals surface area contributed by atoms with Crippen molar-refractivity contribution >= 4 is 30.0 Å². The molecule has 10 nitrogen and oxygen atoms in total. The van der Waals surface area contributed by atoms with Gasteiger partial charge in [0, 0.05) is 13.0 Å². The topological polar surface area (TPSA) is 159 Å². The number of carbonyl (C=O) groups excluding carboxylic acids is 4. The Hall–Kier alpha value is -2.49. The number of hydrogen-bond donors (Lipinski definition) is 4. The SMILES string of the molecule is CC[C@H](C)[C@H](NC(=O)[C@H](C)NC(=O)[C@@H](N)CCC(=O)O)C(=O)N1CCC[C@H]1C=O. The van der Waals surface area contributed by atoms with E-state index in [0.29, 0.717) is 19.4 Å². The summed E-state index contributed by atoms with van der Waals surface area (Å²) in [5.41, 5.74) is 5.65. The third-order valence-corrected chi connectivity index (χ3v) is 5.27. The molecule has 1 fully saturated rings. The highest BCUT2D eigenvalue weighted by atomic mass is 16.4. The molecule has 3 amide bonds. The van der Waals surface area contributed by atoms with E-state index in [4.69, 9.17) is 10.8 Å². The van der Waals surface area contributed by atoms with Crippen LogP contribution in [0, 0.1) is 5.92 Å². The summed E-state index contributed by atoms with van der Waals surface area (Å²) in [4.78, 5) is 60.8. The van der Waals surface area contributed by atoms with Gasteiger partial charge >= 0.3 is 5.97 Å². The molecule has 0 bridgehead atoms. The first kappa shape index (κ1) is 24.5. The van der Waals surface area contributed by atoms with Crippen molar-refractivity contribution in [3.05, 3.63) is 0 Å². The Balaban J connectivity index is 2.74. The van der Waals surface area contributed by atoms with Gasteiger partial charge in [-0.3, -0.25) is 19.2 Å². The fraction of sp³-hybridized carbons (Fsp3) is 0.737. The first-order chi connectivity index (χ1) is 13.6. The van der Waals surface area contributed by atoms with E-state index in [1.807, 2.05) is 13.8 Å². The normalized spacial score (nSPS) is 20.3. The van der Waals surface area contributed by atoms with Crippen molar-refractivity contribution in [3.63, 3.8) is 0 Å². The lowest BCUT2D eigenvalue weighted by Crippen LogP contribution is -2.57. The van der Waals surface area contributed by atoms with Crippen LogP contribution in [0.3, 0.4) is 0 Å². The van der Waals surface area contributed by atoms with Crippen molar-refractivity contribution < 1.29 is 29.1 Å². The molecule has 5 atom stereocenters. The van der Waals surface area contributed by atoms with E-state index in [2.05, 4.69) is 10.6 Å². The molecule has 164 valence electrons. The number of nitrogens with zero attached hydrogens (tertiary/aromatic N) is 1. The predicted octanol–water partition coefficient (Wildman–Crippen LogP) is -0.596. The third kappa shape index (κ3) is 7.12. The average Bonchev–Trinajstić information content (AvgIpc) is 3.17. The molecule has 10 heteroatoms. The van der Waals surface area contributed by atoms with Crippen LogP contribution in [-0.2, 0) is 24.0 Å². The number of carboxylic acid groups (broad SMARTS) is 1. The molecule has 0 radical (unpaired) electrons. The molecule has 1 saturated heterocycles. The van der Waals surface area contributed by atoms with Crippen molar-refractivity contribution in [2.75, 3.05) is 6.54 Å². The number of nitrogens with one attached hydrogen (secondary N) is 2. The molecular formula is C19H32N4O6. The third-order valence-electron chi connectivity index (χ3n) is 5.27. The van der Waals surface area contributed by atoms with Gasteiger partial charge in [-0.05, 0) is 32.1 Å². The number of likely N-dealkylation sites (tertiary alicyclic amines) is 1. The summed E-state index contributed by atoms with van der Waals surface area (Å²) in [6, 6.07) is -3.30. The Bertz CT molecular complexity index is 626. The number of aliphatic carboxylic acids is 1. The smallest absolute Gasteiger partial charge is 0.303 e. The molecule has 0 aromatic heterocycles. The second-order valence-corrected chi connectivity index (χ2v) is 7.52. The second kappa shape index (κ2) is 11.5. The van der Waals surface area contributed by atoms with E-state index in [-0.39, 0.29) is 24.7 Å². The summed E-state index contributed by atoms with van der Waals surface area (Å²) in [6.45, 7) is 5.65. The maximum absolute atomic E-state index is 12.9. The largest absolute Gasteiger partial charge is 0.481 e. The molecule has 0 aromatic rings. The summed E-state index contributed by atoms with van der Waals surface area (Å²) in [5.74, 6) is -2.73. The number of hydrogen-bond acceptors (Lipinski definition) is 6. The van der Waals surface area contributed by atoms with E-state index < -0.39 is 42.0 Å². The van der Waals surface area contributed by atoms with E-state index in [1.54, 1.807) is 0 Å². The minimum atomic E-state index is -1.07. The first-order valence-electron chi connectivity index (χ1n) is 9.96. The molecular weight excluding hydrogens is 380 g/mol. The Morgan fingerprint density at radius 2 is 1.86 bits per heavy atom. The van der Waals surface area contributed by atoms with Gasteiger partial charge in [0.1, 0.15) is 18.4 Å². The highest BCUT2D eigenvalue weighted by molar-refractivity contribution is 5.93. The van der Waals surface area contributed by atoms with Gasteiger partial charge in [0.15, 0.2) is 0 Å². The number of carboxylic acids is 1. The number of aldehydes is 1. The van der Waals surface area contributed by atoms with Gasteiger partial charge in [0.2, 0.25) is 17.7 Å². The van der Waals surface area contributed by atoms with Gasteiger partial charge in [0.05, 0.1) is 12.1 Å². The van der Waals surface area contributed by atoms with Gasteiger partial charge in [-0.25, -0.2) is 0 Å². The highest BCUT2D eigenvalue weighted by Gasteiger charge is 2.36. The van der Waals surface area contributed by atoms with E-state index in [9.17, 15) is 24.0 Å². The minimum absolute atomic E-state index is 0.0501. The molecule has 0 unspecified atom stereocenters. The van der Waals surface area contributed by atoms with E-state index in [0.717, 1.165) is 12.7 Å². The molecule has 1 heterocycles. The summed E-state index contributed by atoms with van der Waals surface area (Å²) in [7, 11) is 0. The molecule has 1 aliphatic heterocycles. The van der Waals surface area contributed by atoms with Gasteiger partial charge in [-0.1, -0.05) is 20.3 Å². The van der Waals surface area contributed by atoms with Crippen LogP contribution < -0.4 is 16.4 Å². The summed E-state index contributed by atoms with van der Waals surface area (Å²) in [6.07, 6.45) is 2.42. The zero-order valence-corrected chi connectivity index (χ0v) is 17.2. The lowest BCUT2D eigenvalue weighted by molar-refractivity contribution is -0.140. The van der Waals surface area contributed by atoms with Gasteiger partial charge in [-0.2, -0.15) is 0 Å².